The monoisotopic (exact) mass is 346 g/mol. The molecule has 1 amide bonds. The predicted molar refractivity (Wildman–Crippen MR) is 95.9 cm³/mol. The van der Waals surface area contributed by atoms with Gasteiger partial charge in [-0.15, -0.1) is 0 Å². The fourth-order valence-corrected chi connectivity index (χ4v) is 2.68. The molecular formula is C19H26N2O4. The zero-order chi connectivity index (χ0) is 18.4. The Balaban J connectivity index is 1.95. The van der Waals surface area contributed by atoms with Gasteiger partial charge < -0.3 is 19.2 Å². The highest BCUT2D eigenvalue weighted by atomic mass is 16.5. The van der Waals surface area contributed by atoms with Crippen molar-refractivity contribution in [3.05, 3.63) is 47.4 Å². The summed E-state index contributed by atoms with van der Waals surface area (Å²) in [6.45, 7) is 4.84. The Labute approximate surface area is 148 Å². The lowest BCUT2D eigenvalue weighted by atomic mass is 10.1. The number of benzene rings is 1. The molecule has 25 heavy (non-hydrogen) atoms. The van der Waals surface area contributed by atoms with Crippen molar-refractivity contribution in [1.82, 2.24) is 10.2 Å². The Bertz CT molecular complexity index is 698. The van der Waals surface area contributed by atoms with Gasteiger partial charge in [0.25, 0.3) is 0 Å². The second-order valence-electron chi connectivity index (χ2n) is 6.11. The van der Waals surface area contributed by atoms with Gasteiger partial charge in [-0.05, 0) is 56.3 Å². The summed E-state index contributed by atoms with van der Waals surface area (Å²) in [4.78, 5) is 14.2. The van der Waals surface area contributed by atoms with Crippen LogP contribution in [0.25, 0.3) is 0 Å². The van der Waals surface area contributed by atoms with Crippen LogP contribution in [0.5, 0.6) is 11.5 Å². The van der Waals surface area contributed by atoms with Gasteiger partial charge in [-0.25, -0.2) is 0 Å². The number of ether oxygens (including phenoxy) is 2. The lowest BCUT2D eigenvalue weighted by molar-refractivity contribution is -0.122. The molecule has 0 saturated heterocycles. The summed E-state index contributed by atoms with van der Waals surface area (Å²) in [5.41, 5.74) is 2.18. The number of amides is 1. The molecule has 1 atom stereocenters. The zero-order valence-corrected chi connectivity index (χ0v) is 15.5. The van der Waals surface area contributed by atoms with Gasteiger partial charge in [0.2, 0.25) is 5.91 Å². The van der Waals surface area contributed by atoms with Gasteiger partial charge in [-0.1, -0.05) is 0 Å². The molecule has 0 fully saturated rings. The molecule has 0 saturated carbocycles. The SMILES string of the molecule is COc1cc(C)c(CN(C)CC(=O)N[C@H](C)c2ccco2)cc1OC. The first-order chi connectivity index (χ1) is 11.9. The lowest BCUT2D eigenvalue weighted by Gasteiger charge is -2.20. The van der Waals surface area contributed by atoms with Crippen molar-refractivity contribution < 1.29 is 18.7 Å². The molecule has 6 heteroatoms. The molecule has 1 aromatic heterocycles. The van der Waals surface area contributed by atoms with Crippen molar-refractivity contribution in [3.63, 3.8) is 0 Å². The van der Waals surface area contributed by atoms with Crippen molar-refractivity contribution in [2.24, 2.45) is 0 Å². The van der Waals surface area contributed by atoms with E-state index in [-0.39, 0.29) is 11.9 Å². The summed E-state index contributed by atoms with van der Waals surface area (Å²) < 4.78 is 16.0. The zero-order valence-electron chi connectivity index (χ0n) is 15.5. The summed E-state index contributed by atoms with van der Waals surface area (Å²) in [6.07, 6.45) is 1.60. The molecule has 136 valence electrons. The first-order valence-electron chi connectivity index (χ1n) is 8.17. The van der Waals surface area contributed by atoms with Crippen LogP contribution >= 0.6 is 0 Å². The Hall–Kier alpha value is -2.47. The van der Waals surface area contributed by atoms with E-state index in [0.29, 0.717) is 24.6 Å². The van der Waals surface area contributed by atoms with E-state index >= 15 is 0 Å². The fourth-order valence-electron chi connectivity index (χ4n) is 2.68. The summed E-state index contributed by atoms with van der Waals surface area (Å²) in [5, 5.41) is 2.94. The minimum Gasteiger partial charge on any atom is -0.493 e. The molecule has 2 rings (SSSR count). The van der Waals surface area contributed by atoms with E-state index in [1.165, 1.54) is 0 Å². The Morgan fingerprint density at radius 1 is 1.28 bits per heavy atom. The second-order valence-corrected chi connectivity index (χ2v) is 6.11. The maximum Gasteiger partial charge on any atom is 0.234 e. The van der Waals surface area contributed by atoms with Crippen LogP contribution in [-0.2, 0) is 11.3 Å². The van der Waals surface area contributed by atoms with Crippen LogP contribution in [0.1, 0.15) is 29.9 Å². The molecule has 1 heterocycles. The first-order valence-corrected chi connectivity index (χ1v) is 8.17. The van der Waals surface area contributed by atoms with Gasteiger partial charge in [0.15, 0.2) is 11.5 Å². The van der Waals surface area contributed by atoms with Crippen LogP contribution in [0.2, 0.25) is 0 Å². The smallest absolute Gasteiger partial charge is 0.234 e. The number of nitrogens with zero attached hydrogens (tertiary/aromatic N) is 1. The van der Waals surface area contributed by atoms with Crippen LogP contribution in [-0.4, -0.2) is 38.6 Å². The van der Waals surface area contributed by atoms with Crippen molar-refractivity contribution in [3.8, 4) is 11.5 Å². The average Bonchev–Trinajstić information content (AvgIpc) is 3.10. The minimum absolute atomic E-state index is 0.0514. The summed E-state index contributed by atoms with van der Waals surface area (Å²) in [6, 6.07) is 7.40. The van der Waals surface area contributed by atoms with Crippen molar-refractivity contribution in [2.45, 2.75) is 26.4 Å². The topological polar surface area (TPSA) is 63.9 Å². The van der Waals surface area contributed by atoms with Crippen LogP contribution in [0.3, 0.4) is 0 Å². The van der Waals surface area contributed by atoms with Crippen molar-refractivity contribution in [1.29, 1.82) is 0 Å². The van der Waals surface area contributed by atoms with Crippen molar-refractivity contribution >= 4 is 5.91 Å². The predicted octanol–water partition coefficient (Wildman–Crippen LogP) is 2.91. The standard InChI is InChI=1S/C19H26N2O4/c1-13-9-17(23-4)18(24-5)10-15(13)11-21(3)12-19(22)20-14(2)16-7-6-8-25-16/h6-10,14H,11-12H2,1-5H3,(H,20,22)/t14-/m1/s1. The number of aryl methyl sites for hydroxylation is 1. The Morgan fingerprint density at radius 2 is 1.96 bits per heavy atom. The summed E-state index contributed by atoms with van der Waals surface area (Å²) in [7, 11) is 5.14. The van der Waals surface area contributed by atoms with Crippen LogP contribution in [0.4, 0.5) is 0 Å². The third kappa shape index (κ3) is 5.00. The second kappa shape index (κ2) is 8.58. The highest BCUT2D eigenvalue weighted by Gasteiger charge is 2.15. The maximum absolute atomic E-state index is 12.2. The van der Waals surface area contributed by atoms with Crippen molar-refractivity contribution in [2.75, 3.05) is 27.8 Å². The Morgan fingerprint density at radius 3 is 2.56 bits per heavy atom. The number of likely N-dealkylation sites (N-methyl/N-ethyl adjacent to an activating group) is 1. The van der Waals surface area contributed by atoms with Crippen LogP contribution in [0.15, 0.2) is 34.9 Å². The quantitative estimate of drug-likeness (QED) is 0.796. The maximum atomic E-state index is 12.2. The van der Waals surface area contributed by atoms with Gasteiger partial charge in [-0.2, -0.15) is 0 Å². The molecule has 1 aromatic carbocycles. The van der Waals surface area contributed by atoms with E-state index in [1.807, 2.05) is 50.1 Å². The minimum atomic E-state index is -0.154. The van der Waals surface area contributed by atoms with Gasteiger partial charge in [0.05, 0.1) is 33.1 Å². The van der Waals surface area contributed by atoms with Gasteiger partial charge in [-0.3, -0.25) is 9.69 Å². The highest BCUT2D eigenvalue weighted by molar-refractivity contribution is 5.78. The molecule has 0 aliphatic carbocycles. The van der Waals surface area contributed by atoms with E-state index < -0.39 is 0 Å². The molecule has 0 radical (unpaired) electrons. The molecule has 2 aromatic rings. The van der Waals surface area contributed by atoms with Gasteiger partial charge >= 0.3 is 0 Å². The highest BCUT2D eigenvalue weighted by Crippen LogP contribution is 2.30. The van der Waals surface area contributed by atoms with Gasteiger partial charge in [0, 0.05) is 6.54 Å². The summed E-state index contributed by atoms with van der Waals surface area (Å²) >= 11 is 0. The molecule has 0 spiro atoms. The molecule has 6 nitrogen and oxygen atoms in total. The van der Waals surface area contributed by atoms with E-state index in [9.17, 15) is 4.79 Å². The molecule has 0 aliphatic rings. The van der Waals surface area contributed by atoms with Gasteiger partial charge in [0.1, 0.15) is 5.76 Å². The number of hydrogen-bond donors (Lipinski definition) is 1. The van der Waals surface area contributed by atoms with E-state index in [2.05, 4.69) is 5.32 Å². The third-order valence-corrected chi connectivity index (χ3v) is 4.04. The average molecular weight is 346 g/mol. The van der Waals surface area contributed by atoms with E-state index in [4.69, 9.17) is 13.9 Å². The molecule has 1 N–H and O–H groups in total. The Kier molecular flexibility index (Phi) is 6.47. The number of nitrogens with one attached hydrogen (secondary N) is 1. The first kappa shape index (κ1) is 18.9. The van der Waals surface area contributed by atoms with Crippen LogP contribution < -0.4 is 14.8 Å². The molecule has 0 bridgehead atoms. The number of furan rings is 1. The normalized spacial score (nSPS) is 12.1. The molecular weight excluding hydrogens is 320 g/mol. The molecule has 0 unspecified atom stereocenters. The third-order valence-electron chi connectivity index (χ3n) is 4.04. The van der Waals surface area contributed by atoms with Crippen LogP contribution in [0, 0.1) is 6.92 Å². The fraction of sp³-hybridized carbons (Fsp3) is 0.421. The number of methoxy groups -OCH3 is 2. The van der Waals surface area contributed by atoms with E-state index in [1.54, 1.807) is 20.5 Å². The molecule has 0 aliphatic heterocycles. The lowest BCUT2D eigenvalue weighted by Crippen LogP contribution is -2.36. The summed E-state index contributed by atoms with van der Waals surface area (Å²) in [5.74, 6) is 2.08. The number of hydrogen-bond acceptors (Lipinski definition) is 5. The van der Waals surface area contributed by atoms with E-state index in [0.717, 1.165) is 16.9 Å². The largest absolute Gasteiger partial charge is 0.493 e. The number of carbonyl (C=O) groups excluding carboxylic acids is 1. The number of carbonyl (C=O) groups is 1. The number of rotatable bonds is 8.